The van der Waals surface area contributed by atoms with Gasteiger partial charge in [0, 0.05) is 38.7 Å². The van der Waals surface area contributed by atoms with Crippen LogP contribution in [0, 0.1) is 0 Å². The Morgan fingerprint density at radius 1 is 1.09 bits per heavy atom. The van der Waals surface area contributed by atoms with E-state index in [4.69, 9.17) is 5.14 Å². The molecule has 0 aliphatic carbocycles. The predicted molar refractivity (Wildman–Crippen MR) is 127 cm³/mol. The minimum absolute atomic E-state index is 0.208. The van der Waals surface area contributed by atoms with Crippen LogP contribution >= 0.6 is 0 Å². The number of fused-ring (bicyclic) bond motifs is 1. The number of nitrogens with one attached hydrogen (secondary N) is 2. The average Bonchev–Trinajstić information content (AvgIpc) is 3.09. The fourth-order valence-electron chi connectivity index (χ4n) is 3.39. The number of anilines is 5. The highest BCUT2D eigenvalue weighted by Gasteiger charge is 2.12. The van der Waals surface area contributed by atoms with Gasteiger partial charge < -0.3 is 20.1 Å². The molecular formula is C21H24N8O2S. The van der Waals surface area contributed by atoms with E-state index in [0.717, 1.165) is 28.4 Å². The molecule has 4 rings (SSSR count). The Morgan fingerprint density at radius 3 is 2.53 bits per heavy atom. The lowest BCUT2D eigenvalue weighted by Gasteiger charge is -2.19. The van der Waals surface area contributed by atoms with Crippen LogP contribution in [0.1, 0.15) is 5.56 Å². The lowest BCUT2D eigenvalue weighted by molar-refractivity contribution is 0.597. The summed E-state index contributed by atoms with van der Waals surface area (Å²) in [5, 5.41) is 11.3. The fraction of sp³-hybridized carbons (Fsp3) is 0.190. The third-order valence-electron chi connectivity index (χ3n) is 5.04. The Morgan fingerprint density at radius 2 is 1.84 bits per heavy atom. The van der Waals surface area contributed by atoms with Gasteiger partial charge in [0.15, 0.2) is 0 Å². The number of benzene rings is 2. The molecule has 166 valence electrons. The molecule has 0 radical (unpaired) electrons. The van der Waals surface area contributed by atoms with Gasteiger partial charge in [-0.3, -0.25) is 0 Å². The summed E-state index contributed by atoms with van der Waals surface area (Å²) in [6.07, 6.45) is 1.68. The number of nitrogens with two attached hydrogens (primary N) is 1. The van der Waals surface area contributed by atoms with Gasteiger partial charge in [0.2, 0.25) is 21.9 Å². The Labute approximate surface area is 186 Å². The third kappa shape index (κ3) is 4.63. The van der Waals surface area contributed by atoms with Crippen molar-refractivity contribution < 1.29 is 8.42 Å². The number of hydrogen-bond donors (Lipinski definition) is 3. The van der Waals surface area contributed by atoms with Crippen LogP contribution in [0.5, 0.6) is 0 Å². The molecule has 0 saturated heterocycles. The van der Waals surface area contributed by atoms with E-state index in [9.17, 15) is 8.42 Å². The number of primary sulfonamides is 1. The molecule has 0 amide bonds. The fourth-order valence-corrected chi connectivity index (χ4v) is 4.05. The highest BCUT2D eigenvalue weighted by atomic mass is 32.2. The zero-order valence-electron chi connectivity index (χ0n) is 17.9. The van der Waals surface area contributed by atoms with E-state index < -0.39 is 10.0 Å². The van der Waals surface area contributed by atoms with Crippen molar-refractivity contribution in [2.24, 2.45) is 12.2 Å². The smallest absolute Gasteiger partial charge is 0.229 e. The first-order valence-corrected chi connectivity index (χ1v) is 11.5. The number of hydrogen-bond acceptors (Lipinski definition) is 8. The first-order chi connectivity index (χ1) is 15.2. The summed E-state index contributed by atoms with van der Waals surface area (Å²) in [4.78, 5) is 15.4. The Bertz CT molecular complexity index is 1370. The first-order valence-electron chi connectivity index (χ1n) is 9.81. The van der Waals surface area contributed by atoms with Crippen LogP contribution < -0.4 is 20.7 Å². The number of aromatic nitrogens is 4. The largest absolute Gasteiger partial charge is 0.359 e. The van der Waals surface area contributed by atoms with Crippen molar-refractivity contribution in [1.82, 2.24) is 19.5 Å². The SMILES string of the molecule is CNc1nc2cc(N(C)c3ccnc(Nc4ccc(CS(N)(=O)=O)cc4)n3)ccc2n1C. The second-order valence-electron chi connectivity index (χ2n) is 7.34. The summed E-state index contributed by atoms with van der Waals surface area (Å²) < 4.78 is 24.5. The molecule has 2 aromatic heterocycles. The molecule has 0 unspecified atom stereocenters. The summed E-state index contributed by atoms with van der Waals surface area (Å²) in [6, 6.07) is 14.8. The zero-order chi connectivity index (χ0) is 22.9. The minimum atomic E-state index is -3.57. The molecule has 10 nitrogen and oxygen atoms in total. The first kappa shape index (κ1) is 21.5. The maximum Gasteiger partial charge on any atom is 0.229 e. The molecule has 2 aromatic carbocycles. The summed E-state index contributed by atoms with van der Waals surface area (Å²) in [5.41, 5.74) is 4.20. The summed E-state index contributed by atoms with van der Waals surface area (Å²) in [7, 11) is 2.17. The highest BCUT2D eigenvalue weighted by molar-refractivity contribution is 7.88. The number of aryl methyl sites for hydroxylation is 1. The third-order valence-corrected chi connectivity index (χ3v) is 5.77. The van der Waals surface area contributed by atoms with Crippen LogP contribution in [0.4, 0.5) is 29.1 Å². The van der Waals surface area contributed by atoms with Crippen LogP contribution in [-0.2, 0) is 22.8 Å². The van der Waals surface area contributed by atoms with Gasteiger partial charge in [0.1, 0.15) is 5.82 Å². The Kier molecular flexibility index (Phi) is 5.68. The van der Waals surface area contributed by atoms with E-state index in [0.29, 0.717) is 17.3 Å². The molecule has 0 aliphatic heterocycles. The molecule has 0 bridgehead atoms. The van der Waals surface area contributed by atoms with Crippen molar-refractivity contribution >= 4 is 50.1 Å². The number of rotatable bonds is 7. The van der Waals surface area contributed by atoms with Crippen molar-refractivity contribution in [3.05, 3.63) is 60.3 Å². The standard InChI is InChI=1S/C21H24N8O2S/c1-23-21-26-17-12-16(8-9-18(17)29(21)3)28(2)19-10-11-24-20(27-19)25-15-6-4-14(5-7-15)13-32(22,30)31/h4-12H,13H2,1-3H3,(H,23,26)(H2,22,30,31)(H,24,25,27). The minimum Gasteiger partial charge on any atom is -0.359 e. The molecule has 0 fully saturated rings. The highest BCUT2D eigenvalue weighted by Crippen LogP contribution is 2.27. The number of sulfonamides is 1. The van der Waals surface area contributed by atoms with E-state index >= 15 is 0 Å². The molecule has 4 aromatic rings. The quantitative estimate of drug-likeness (QED) is 0.390. The van der Waals surface area contributed by atoms with Gasteiger partial charge in [-0.05, 0) is 42.0 Å². The lowest BCUT2D eigenvalue weighted by atomic mass is 10.2. The van der Waals surface area contributed by atoms with Crippen molar-refractivity contribution in [2.45, 2.75) is 5.75 Å². The van der Waals surface area contributed by atoms with Crippen molar-refractivity contribution in [3.63, 3.8) is 0 Å². The Hall–Kier alpha value is -3.70. The summed E-state index contributed by atoms with van der Waals surface area (Å²) >= 11 is 0. The molecule has 0 atom stereocenters. The van der Waals surface area contributed by atoms with Gasteiger partial charge in [0.25, 0.3) is 0 Å². The molecular weight excluding hydrogens is 428 g/mol. The van der Waals surface area contributed by atoms with Crippen LogP contribution in [0.25, 0.3) is 11.0 Å². The monoisotopic (exact) mass is 452 g/mol. The average molecular weight is 453 g/mol. The summed E-state index contributed by atoms with van der Waals surface area (Å²) in [5.74, 6) is 1.71. The zero-order valence-corrected chi connectivity index (χ0v) is 18.8. The van der Waals surface area contributed by atoms with Crippen molar-refractivity contribution in [2.75, 3.05) is 29.6 Å². The van der Waals surface area contributed by atoms with E-state index in [1.807, 2.05) is 54.9 Å². The van der Waals surface area contributed by atoms with Crippen LogP contribution in [0.3, 0.4) is 0 Å². The van der Waals surface area contributed by atoms with Crippen LogP contribution in [-0.4, -0.2) is 42.0 Å². The number of imidazole rings is 1. The van der Waals surface area contributed by atoms with E-state index in [2.05, 4.69) is 25.6 Å². The maximum atomic E-state index is 11.2. The second kappa shape index (κ2) is 8.44. The van der Waals surface area contributed by atoms with Crippen molar-refractivity contribution in [1.29, 1.82) is 0 Å². The normalized spacial score (nSPS) is 11.5. The molecule has 0 saturated carbocycles. The second-order valence-corrected chi connectivity index (χ2v) is 8.96. The predicted octanol–water partition coefficient (Wildman–Crippen LogP) is 2.71. The van der Waals surface area contributed by atoms with Gasteiger partial charge in [0.05, 0.1) is 16.8 Å². The van der Waals surface area contributed by atoms with Crippen molar-refractivity contribution in [3.8, 4) is 0 Å². The molecule has 0 aliphatic rings. The van der Waals surface area contributed by atoms with Gasteiger partial charge in [-0.1, -0.05) is 12.1 Å². The molecule has 32 heavy (non-hydrogen) atoms. The molecule has 11 heteroatoms. The van der Waals surface area contributed by atoms with Gasteiger partial charge in [-0.15, -0.1) is 0 Å². The van der Waals surface area contributed by atoms with Gasteiger partial charge >= 0.3 is 0 Å². The van der Waals surface area contributed by atoms with Gasteiger partial charge in [-0.2, -0.15) is 4.98 Å². The van der Waals surface area contributed by atoms with Gasteiger partial charge in [-0.25, -0.2) is 23.5 Å². The lowest BCUT2D eigenvalue weighted by Crippen LogP contribution is -2.14. The summed E-state index contributed by atoms with van der Waals surface area (Å²) in [6.45, 7) is 0. The molecule has 0 spiro atoms. The molecule has 4 N–H and O–H groups in total. The van der Waals surface area contributed by atoms with E-state index in [1.54, 1.807) is 30.5 Å². The van der Waals surface area contributed by atoms with Crippen LogP contribution in [0.2, 0.25) is 0 Å². The topological polar surface area (TPSA) is 131 Å². The Balaban J connectivity index is 1.54. The molecule has 2 heterocycles. The maximum absolute atomic E-state index is 11.2. The van der Waals surface area contributed by atoms with E-state index in [1.165, 1.54) is 0 Å². The number of nitrogens with zero attached hydrogens (tertiary/aromatic N) is 5. The van der Waals surface area contributed by atoms with E-state index in [-0.39, 0.29) is 5.75 Å². The van der Waals surface area contributed by atoms with Crippen LogP contribution in [0.15, 0.2) is 54.7 Å².